The molecule has 0 N–H and O–H groups in total. The van der Waals surface area contributed by atoms with Gasteiger partial charge in [0.1, 0.15) is 12.8 Å². The van der Waals surface area contributed by atoms with Gasteiger partial charge in [0.05, 0.1) is 33.2 Å². The molecule has 4 nitrogen and oxygen atoms in total. The van der Waals surface area contributed by atoms with Crippen LogP contribution in [0.25, 0.3) is 0 Å². The van der Waals surface area contributed by atoms with Gasteiger partial charge in [0, 0.05) is 24.5 Å². The van der Waals surface area contributed by atoms with Gasteiger partial charge in [-0.25, -0.2) is 0 Å². The van der Waals surface area contributed by atoms with Crippen LogP contribution in [0.2, 0.25) is 0 Å². The van der Waals surface area contributed by atoms with Crippen LogP contribution in [-0.4, -0.2) is 61.9 Å². The smallest absolute Gasteiger partial charge is 0.143 e. The highest BCUT2D eigenvalue weighted by Gasteiger charge is 2.40. The summed E-state index contributed by atoms with van der Waals surface area (Å²) in [6.07, 6.45) is 0.362. The Labute approximate surface area is 196 Å². The number of anilines is 2. The van der Waals surface area contributed by atoms with E-state index in [0.717, 1.165) is 19.6 Å². The number of benzene rings is 2. The van der Waals surface area contributed by atoms with E-state index < -0.39 is 0 Å². The van der Waals surface area contributed by atoms with Gasteiger partial charge >= 0.3 is 0 Å². The molecule has 1 atom stereocenters. The molecule has 1 unspecified atom stereocenters. The fourth-order valence-electron chi connectivity index (χ4n) is 5.97. The van der Waals surface area contributed by atoms with Crippen LogP contribution in [-0.2, 0) is 0 Å². The molecule has 2 aliphatic heterocycles. The maximum absolute atomic E-state index is 2.73. The van der Waals surface area contributed by atoms with Crippen molar-refractivity contribution in [1.82, 2.24) is 4.90 Å². The minimum Gasteiger partial charge on any atom is -0.344 e. The average molecular weight is 435 g/mol. The molecule has 32 heavy (non-hydrogen) atoms. The van der Waals surface area contributed by atoms with E-state index in [-0.39, 0.29) is 0 Å². The molecule has 2 saturated heterocycles. The molecule has 2 aliphatic rings. The SMILES string of the molecule is CC[N+]1(C)CCN(C2CN(c3c(C)cc(C)cc3C)[CH]N2c2c(C)cc(C)cc2C)CC1. The zero-order chi connectivity index (χ0) is 23.2. The molecule has 0 aromatic heterocycles. The van der Waals surface area contributed by atoms with E-state index in [2.05, 4.69) is 101 Å². The van der Waals surface area contributed by atoms with E-state index >= 15 is 0 Å². The summed E-state index contributed by atoms with van der Waals surface area (Å²) in [5.41, 5.74) is 10.9. The van der Waals surface area contributed by atoms with Crippen molar-refractivity contribution < 1.29 is 4.48 Å². The normalized spacial score (nSPS) is 21.4. The molecule has 173 valence electrons. The van der Waals surface area contributed by atoms with E-state index in [1.54, 1.807) is 0 Å². The zero-order valence-corrected chi connectivity index (χ0v) is 21.5. The van der Waals surface area contributed by atoms with Gasteiger partial charge in [-0.2, -0.15) is 0 Å². The van der Waals surface area contributed by atoms with Crippen LogP contribution in [0.4, 0.5) is 11.4 Å². The van der Waals surface area contributed by atoms with Gasteiger partial charge in [0.2, 0.25) is 0 Å². The summed E-state index contributed by atoms with van der Waals surface area (Å²) < 4.78 is 1.19. The molecule has 2 heterocycles. The Kier molecular flexibility index (Phi) is 6.30. The summed E-state index contributed by atoms with van der Waals surface area (Å²) >= 11 is 0. The van der Waals surface area contributed by atoms with Crippen LogP contribution < -0.4 is 9.80 Å². The van der Waals surface area contributed by atoms with E-state index in [9.17, 15) is 0 Å². The minimum absolute atomic E-state index is 0.362. The highest BCUT2D eigenvalue weighted by Crippen LogP contribution is 2.38. The number of hydrogen-bond donors (Lipinski definition) is 0. The third-order valence-electron chi connectivity index (χ3n) is 7.80. The number of aryl methyl sites for hydroxylation is 6. The van der Waals surface area contributed by atoms with Gasteiger partial charge in [-0.05, 0) is 70.7 Å². The molecule has 4 rings (SSSR count). The first-order chi connectivity index (χ1) is 15.1. The quantitative estimate of drug-likeness (QED) is 0.621. The van der Waals surface area contributed by atoms with Gasteiger partial charge in [0.15, 0.2) is 0 Å². The lowest BCUT2D eigenvalue weighted by Gasteiger charge is -2.45. The number of rotatable bonds is 4. The molecule has 0 saturated carbocycles. The fourth-order valence-corrected chi connectivity index (χ4v) is 5.97. The molecule has 1 radical (unpaired) electrons. The lowest BCUT2D eigenvalue weighted by molar-refractivity contribution is -0.912. The van der Waals surface area contributed by atoms with Crippen LogP contribution in [0.5, 0.6) is 0 Å². The first-order valence-corrected chi connectivity index (χ1v) is 12.2. The summed E-state index contributed by atoms with van der Waals surface area (Å²) in [5, 5.41) is 0. The lowest BCUT2D eigenvalue weighted by Crippen LogP contribution is -2.61. The molecule has 2 aromatic carbocycles. The van der Waals surface area contributed by atoms with Crippen LogP contribution >= 0.6 is 0 Å². The number of piperazine rings is 1. The third-order valence-corrected chi connectivity index (χ3v) is 7.80. The van der Waals surface area contributed by atoms with Crippen molar-refractivity contribution in [3.8, 4) is 0 Å². The van der Waals surface area contributed by atoms with E-state index in [0.29, 0.717) is 6.17 Å². The molecule has 2 aromatic rings. The Balaban J connectivity index is 1.71. The number of quaternary nitrogens is 1. The monoisotopic (exact) mass is 434 g/mol. The first kappa shape index (κ1) is 23.1. The van der Waals surface area contributed by atoms with Crippen LogP contribution in [0.15, 0.2) is 24.3 Å². The van der Waals surface area contributed by atoms with Crippen molar-refractivity contribution in [1.29, 1.82) is 0 Å². The highest BCUT2D eigenvalue weighted by atomic mass is 15.5. The van der Waals surface area contributed by atoms with Crippen molar-refractivity contribution in [3.05, 3.63) is 64.3 Å². The Morgan fingerprint density at radius 1 is 0.781 bits per heavy atom. The maximum Gasteiger partial charge on any atom is 0.143 e. The van der Waals surface area contributed by atoms with Crippen LogP contribution in [0.1, 0.15) is 40.3 Å². The zero-order valence-electron chi connectivity index (χ0n) is 21.5. The topological polar surface area (TPSA) is 9.72 Å². The van der Waals surface area contributed by atoms with Crippen molar-refractivity contribution in [2.24, 2.45) is 0 Å². The predicted octanol–water partition coefficient (Wildman–Crippen LogP) is 5.09. The first-order valence-electron chi connectivity index (χ1n) is 12.2. The fraction of sp³-hybridized carbons (Fsp3) is 0.536. The van der Waals surface area contributed by atoms with Crippen LogP contribution in [0.3, 0.4) is 0 Å². The van der Waals surface area contributed by atoms with Crippen LogP contribution in [0, 0.1) is 48.2 Å². The maximum atomic E-state index is 2.73. The van der Waals surface area contributed by atoms with E-state index in [1.165, 1.54) is 68.9 Å². The summed E-state index contributed by atoms with van der Waals surface area (Å²) in [5.74, 6) is 0. The number of likely N-dealkylation sites (N-methyl/N-ethyl adjacent to an activating group) is 1. The average Bonchev–Trinajstić information content (AvgIpc) is 3.11. The minimum atomic E-state index is 0.362. The molecule has 0 spiro atoms. The van der Waals surface area contributed by atoms with Gasteiger partial charge in [-0.1, -0.05) is 35.4 Å². The summed E-state index contributed by atoms with van der Waals surface area (Å²) in [4.78, 5) is 7.81. The Morgan fingerprint density at radius 3 is 1.72 bits per heavy atom. The molecule has 0 amide bonds. The predicted molar refractivity (Wildman–Crippen MR) is 137 cm³/mol. The highest BCUT2D eigenvalue weighted by molar-refractivity contribution is 5.69. The molecule has 0 bridgehead atoms. The lowest BCUT2D eigenvalue weighted by atomic mass is 10.0. The summed E-state index contributed by atoms with van der Waals surface area (Å²) in [6, 6.07) is 9.31. The largest absolute Gasteiger partial charge is 0.344 e. The summed E-state index contributed by atoms with van der Waals surface area (Å²) in [7, 11) is 2.41. The Hall–Kier alpha value is -2.04. The second-order valence-electron chi connectivity index (χ2n) is 10.6. The van der Waals surface area contributed by atoms with E-state index in [4.69, 9.17) is 0 Å². The number of nitrogens with zero attached hydrogens (tertiary/aromatic N) is 4. The molecule has 0 aliphatic carbocycles. The number of hydrogen-bond acceptors (Lipinski definition) is 3. The van der Waals surface area contributed by atoms with Crippen molar-refractivity contribution >= 4 is 11.4 Å². The van der Waals surface area contributed by atoms with Gasteiger partial charge in [-0.3, -0.25) is 4.90 Å². The second-order valence-corrected chi connectivity index (χ2v) is 10.6. The molecule has 2 fully saturated rings. The Morgan fingerprint density at radius 2 is 1.25 bits per heavy atom. The van der Waals surface area contributed by atoms with Crippen molar-refractivity contribution in [2.45, 2.75) is 54.6 Å². The van der Waals surface area contributed by atoms with Crippen molar-refractivity contribution in [3.63, 3.8) is 0 Å². The third kappa shape index (κ3) is 4.27. The van der Waals surface area contributed by atoms with E-state index in [1.807, 2.05) is 0 Å². The van der Waals surface area contributed by atoms with Gasteiger partial charge in [0.25, 0.3) is 0 Å². The Bertz CT molecular complexity index is 941. The summed E-state index contributed by atoms with van der Waals surface area (Å²) in [6.45, 7) is 25.2. The molecular formula is C28H42N4+. The second kappa shape index (κ2) is 8.72. The van der Waals surface area contributed by atoms with Gasteiger partial charge < -0.3 is 14.3 Å². The van der Waals surface area contributed by atoms with Crippen molar-refractivity contribution in [2.75, 3.05) is 56.1 Å². The molecule has 4 heteroatoms. The molecular weight excluding hydrogens is 392 g/mol. The van der Waals surface area contributed by atoms with Gasteiger partial charge in [-0.15, -0.1) is 0 Å². The standard InChI is InChI=1S/C28H42N4/c1-9-32(8)12-10-29(11-13-32)26-18-30(27-22(4)14-20(2)15-23(27)5)19-31(26)28-24(6)16-21(3)17-25(28)7/h14-17,19,26H,9-13,18H2,1-8H3/q+1.